The van der Waals surface area contributed by atoms with E-state index in [1.165, 1.54) is 0 Å². The highest BCUT2D eigenvalue weighted by atomic mass is 32.2. The summed E-state index contributed by atoms with van der Waals surface area (Å²) in [4.78, 5) is 4.80. The van der Waals surface area contributed by atoms with Gasteiger partial charge >= 0.3 is 0 Å². The number of rotatable bonds is 5. The summed E-state index contributed by atoms with van der Waals surface area (Å²) in [6.45, 7) is 4.51. The molecular formula is C18H23N5O3S2. The maximum atomic E-state index is 13.2. The van der Waals surface area contributed by atoms with Gasteiger partial charge < -0.3 is 4.52 Å². The molecule has 3 aromatic rings. The van der Waals surface area contributed by atoms with Crippen molar-refractivity contribution in [3.8, 4) is 11.4 Å². The van der Waals surface area contributed by atoms with Crippen molar-refractivity contribution in [3.05, 3.63) is 34.1 Å². The molecule has 0 aromatic carbocycles. The fourth-order valence-electron chi connectivity index (χ4n) is 3.76. The van der Waals surface area contributed by atoms with Gasteiger partial charge in [-0.25, -0.2) is 8.42 Å². The summed E-state index contributed by atoms with van der Waals surface area (Å²) in [7, 11) is -1.81. The fraction of sp³-hybridized carbons (Fsp3) is 0.500. The van der Waals surface area contributed by atoms with Crippen LogP contribution in [0.15, 0.2) is 26.2 Å². The van der Waals surface area contributed by atoms with E-state index in [4.69, 9.17) is 4.52 Å². The monoisotopic (exact) mass is 421 g/mol. The second kappa shape index (κ2) is 7.41. The zero-order chi connectivity index (χ0) is 19.9. The molecule has 1 aliphatic rings. The van der Waals surface area contributed by atoms with Crippen LogP contribution >= 0.6 is 11.3 Å². The maximum Gasteiger partial charge on any atom is 0.246 e. The molecule has 1 fully saturated rings. The normalized spacial score (nSPS) is 18.6. The third-order valence-corrected chi connectivity index (χ3v) is 8.03. The molecule has 0 saturated carbocycles. The summed E-state index contributed by atoms with van der Waals surface area (Å²) in [5.74, 6) is 1.29. The number of hydrogen-bond donors (Lipinski definition) is 0. The van der Waals surface area contributed by atoms with E-state index in [2.05, 4.69) is 15.2 Å². The van der Waals surface area contributed by atoms with Crippen molar-refractivity contribution in [2.24, 2.45) is 13.0 Å². The standard InChI is InChI=1S/C18H23N5O3S2/c1-12-17(13(2)22(3)20-12)28(24,25)23-7-4-5-14(10-23)9-16-19-18(21-26-16)15-6-8-27-11-15/h6,8,11,14H,4-5,7,9-10H2,1-3H3. The zero-order valence-electron chi connectivity index (χ0n) is 16.1. The van der Waals surface area contributed by atoms with E-state index in [1.807, 2.05) is 16.8 Å². The molecule has 1 aliphatic heterocycles. The molecule has 0 spiro atoms. The Hall–Kier alpha value is -2.04. The minimum Gasteiger partial charge on any atom is -0.339 e. The summed E-state index contributed by atoms with van der Waals surface area (Å²) < 4.78 is 35.0. The van der Waals surface area contributed by atoms with Gasteiger partial charge in [0.2, 0.25) is 21.7 Å². The largest absolute Gasteiger partial charge is 0.339 e. The number of sulfonamides is 1. The van der Waals surface area contributed by atoms with Crippen molar-refractivity contribution >= 4 is 21.4 Å². The quantitative estimate of drug-likeness (QED) is 0.629. The number of nitrogens with zero attached hydrogens (tertiary/aromatic N) is 5. The average molecular weight is 422 g/mol. The van der Waals surface area contributed by atoms with Crippen molar-refractivity contribution in [2.45, 2.75) is 38.0 Å². The van der Waals surface area contributed by atoms with Crippen LogP contribution in [0.25, 0.3) is 11.4 Å². The molecule has 0 amide bonds. The van der Waals surface area contributed by atoms with Crippen LogP contribution in [-0.4, -0.2) is 45.7 Å². The Bertz CT molecular complexity index is 1070. The van der Waals surface area contributed by atoms with Gasteiger partial charge in [-0.1, -0.05) is 5.16 Å². The predicted molar refractivity (Wildman–Crippen MR) is 105 cm³/mol. The third-order valence-electron chi connectivity index (χ3n) is 5.23. The second-order valence-corrected chi connectivity index (χ2v) is 9.88. The van der Waals surface area contributed by atoms with E-state index in [1.54, 1.807) is 41.2 Å². The fourth-order valence-corrected chi connectivity index (χ4v) is 6.35. The third kappa shape index (κ3) is 3.51. The number of hydrogen-bond acceptors (Lipinski definition) is 7. The van der Waals surface area contributed by atoms with Crippen LogP contribution in [0.2, 0.25) is 0 Å². The molecule has 0 radical (unpaired) electrons. The lowest BCUT2D eigenvalue weighted by atomic mass is 9.96. The molecule has 150 valence electrons. The molecule has 0 bridgehead atoms. The molecular weight excluding hydrogens is 398 g/mol. The Morgan fingerprint density at radius 3 is 2.86 bits per heavy atom. The molecule has 4 rings (SSSR count). The lowest BCUT2D eigenvalue weighted by Crippen LogP contribution is -2.40. The van der Waals surface area contributed by atoms with E-state index in [0.29, 0.717) is 47.5 Å². The van der Waals surface area contributed by atoms with E-state index >= 15 is 0 Å². The maximum absolute atomic E-state index is 13.2. The summed E-state index contributed by atoms with van der Waals surface area (Å²) in [5, 5.41) is 12.3. The van der Waals surface area contributed by atoms with Crippen LogP contribution in [0.4, 0.5) is 0 Å². The Labute approximate surface area is 168 Å². The lowest BCUT2D eigenvalue weighted by molar-refractivity contribution is 0.247. The molecule has 1 unspecified atom stereocenters. The summed E-state index contributed by atoms with van der Waals surface area (Å²) >= 11 is 1.58. The van der Waals surface area contributed by atoms with Crippen molar-refractivity contribution < 1.29 is 12.9 Å². The van der Waals surface area contributed by atoms with Crippen LogP contribution in [0.3, 0.4) is 0 Å². The minimum atomic E-state index is -3.57. The van der Waals surface area contributed by atoms with Crippen LogP contribution in [0, 0.1) is 19.8 Å². The Morgan fingerprint density at radius 2 is 2.18 bits per heavy atom. The van der Waals surface area contributed by atoms with Crippen LogP contribution in [0.5, 0.6) is 0 Å². The van der Waals surface area contributed by atoms with Gasteiger partial charge in [0, 0.05) is 37.5 Å². The van der Waals surface area contributed by atoms with Gasteiger partial charge in [0.05, 0.1) is 11.4 Å². The second-order valence-electron chi connectivity index (χ2n) is 7.22. The van der Waals surface area contributed by atoms with Crippen LogP contribution in [-0.2, 0) is 23.5 Å². The van der Waals surface area contributed by atoms with E-state index in [-0.39, 0.29) is 5.92 Å². The Kier molecular flexibility index (Phi) is 5.11. The van der Waals surface area contributed by atoms with Crippen molar-refractivity contribution in [3.63, 3.8) is 0 Å². The molecule has 0 N–H and O–H groups in total. The SMILES string of the molecule is Cc1nn(C)c(C)c1S(=O)(=O)N1CCCC(Cc2nc(-c3ccsc3)no2)C1. The smallest absolute Gasteiger partial charge is 0.246 e. The minimum absolute atomic E-state index is 0.150. The number of aryl methyl sites for hydroxylation is 2. The average Bonchev–Trinajstić information content (AvgIpc) is 3.37. The summed E-state index contributed by atoms with van der Waals surface area (Å²) in [6, 6.07) is 1.95. The van der Waals surface area contributed by atoms with Crippen LogP contribution in [0.1, 0.15) is 30.1 Å². The molecule has 1 atom stereocenters. The predicted octanol–water partition coefficient (Wildman–Crippen LogP) is 2.79. The molecule has 3 aromatic heterocycles. The first-order valence-corrected chi connectivity index (χ1v) is 11.6. The topological polar surface area (TPSA) is 94.1 Å². The van der Waals surface area contributed by atoms with Gasteiger partial charge in [-0.2, -0.15) is 25.7 Å². The van der Waals surface area contributed by atoms with Crippen LogP contribution < -0.4 is 0 Å². The Morgan fingerprint density at radius 1 is 1.36 bits per heavy atom. The highest BCUT2D eigenvalue weighted by Gasteiger charge is 2.34. The molecule has 4 heterocycles. The number of aromatic nitrogens is 4. The van der Waals surface area contributed by atoms with Gasteiger partial charge in [-0.05, 0) is 44.1 Å². The van der Waals surface area contributed by atoms with Gasteiger partial charge in [0.1, 0.15) is 4.90 Å². The lowest BCUT2D eigenvalue weighted by Gasteiger charge is -2.31. The van der Waals surface area contributed by atoms with Gasteiger partial charge in [0.25, 0.3) is 0 Å². The number of piperidine rings is 1. The van der Waals surface area contributed by atoms with Crippen molar-refractivity contribution in [1.82, 2.24) is 24.2 Å². The molecule has 10 heteroatoms. The van der Waals surface area contributed by atoms with Crippen molar-refractivity contribution in [2.75, 3.05) is 13.1 Å². The van der Waals surface area contributed by atoms with E-state index in [0.717, 1.165) is 18.4 Å². The summed E-state index contributed by atoms with van der Waals surface area (Å²) in [6.07, 6.45) is 2.33. The van der Waals surface area contributed by atoms with E-state index in [9.17, 15) is 8.42 Å². The van der Waals surface area contributed by atoms with Gasteiger partial charge in [0.15, 0.2) is 0 Å². The summed E-state index contributed by atoms with van der Waals surface area (Å²) in [5.41, 5.74) is 2.15. The molecule has 8 nitrogen and oxygen atoms in total. The number of thiophene rings is 1. The zero-order valence-corrected chi connectivity index (χ0v) is 17.8. The first kappa shape index (κ1) is 19.3. The first-order valence-electron chi connectivity index (χ1n) is 9.21. The highest BCUT2D eigenvalue weighted by Crippen LogP contribution is 2.29. The van der Waals surface area contributed by atoms with Gasteiger partial charge in [-0.15, -0.1) is 0 Å². The molecule has 1 saturated heterocycles. The molecule has 28 heavy (non-hydrogen) atoms. The van der Waals surface area contributed by atoms with E-state index < -0.39 is 10.0 Å². The Balaban J connectivity index is 1.50. The van der Waals surface area contributed by atoms with Gasteiger partial charge in [-0.3, -0.25) is 4.68 Å². The molecule has 0 aliphatic carbocycles. The van der Waals surface area contributed by atoms with Crippen molar-refractivity contribution in [1.29, 1.82) is 0 Å². The highest BCUT2D eigenvalue weighted by molar-refractivity contribution is 7.89. The first-order chi connectivity index (χ1) is 13.4.